The molecule has 3 atom stereocenters. The third-order valence-electron chi connectivity index (χ3n) is 2.91. The smallest absolute Gasteiger partial charge is 0.226 e. The Morgan fingerprint density at radius 2 is 2.31 bits per heavy atom. The van der Waals surface area contributed by atoms with Crippen LogP contribution in [-0.4, -0.2) is 22.3 Å². The predicted molar refractivity (Wildman–Crippen MR) is 58.8 cm³/mol. The summed E-state index contributed by atoms with van der Waals surface area (Å²) in [4.78, 5) is 4.29. The largest absolute Gasteiger partial charge is 0.373 e. The van der Waals surface area contributed by atoms with Gasteiger partial charge in [0.15, 0.2) is 5.82 Å². The highest BCUT2D eigenvalue weighted by molar-refractivity contribution is 4.98. The minimum absolute atomic E-state index is 0.0297. The summed E-state index contributed by atoms with van der Waals surface area (Å²) in [5.41, 5.74) is 6.06. The van der Waals surface area contributed by atoms with Crippen LogP contribution in [0.25, 0.3) is 0 Å². The molecule has 0 saturated carbocycles. The first kappa shape index (κ1) is 11.5. The molecule has 0 spiro atoms. The van der Waals surface area contributed by atoms with Gasteiger partial charge in [-0.25, -0.2) is 0 Å². The fourth-order valence-electron chi connectivity index (χ4n) is 1.98. The Balaban J connectivity index is 1.99. The number of hydrogen-bond acceptors (Lipinski definition) is 5. The molecule has 2 rings (SSSR count). The third kappa shape index (κ3) is 2.41. The molecule has 3 unspecified atom stereocenters. The van der Waals surface area contributed by atoms with Gasteiger partial charge in [0, 0.05) is 6.42 Å². The van der Waals surface area contributed by atoms with Gasteiger partial charge in [-0.15, -0.1) is 0 Å². The van der Waals surface area contributed by atoms with Crippen LogP contribution in [0.3, 0.4) is 0 Å². The Kier molecular flexibility index (Phi) is 3.56. The Labute approximate surface area is 95.3 Å². The normalized spacial score (nSPS) is 27.2. The lowest BCUT2D eigenvalue weighted by Gasteiger charge is -2.15. The second kappa shape index (κ2) is 4.93. The van der Waals surface area contributed by atoms with Crippen LogP contribution >= 0.6 is 0 Å². The van der Waals surface area contributed by atoms with Crippen molar-refractivity contribution >= 4 is 0 Å². The van der Waals surface area contributed by atoms with Gasteiger partial charge in [0.05, 0.1) is 18.2 Å². The molecule has 0 aromatic carbocycles. The first-order valence-corrected chi connectivity index (χ1v) is 5.94. The van der Waals surface area contributed by atoms with Crippen molar-refractivity contribution in [2.45, 2.75) is 57.8 Å². The van der Waals surface area contributed by atoms with Gasteiger partial charge in [-0.1, -0.05) is 12.1 Å². The van der Waals surface area contributed by atoms with E-state index in [1.54, 1.807) is 0 Å². The highest BCUT2D eigenvalue weighted by Crippen LogP contribution is 2.27. The van der Waals surface area contributed by atoms with Gasteiger partial charge in [-0.2, -0.15) is 4.98 Å². The maximum absolute atomic E-state index is 6.06. The quantitative estimate of drug-likeness (QED) is 0.842. The summed E-state index contributed by atoms with van der Waals surface area (Å²) < 4.78 is 10.8. The van der Waals surface area contributed by atoms with Gasteiger partial charge >= 0.3 is 0 Å². The topological polar surface area (TPSA) is 74.2 Å². The monoisotopic (exact) mass is 225 g/mol. The molecule has 1 aromatic rings. The van der Waals surface area contributed by atoms with Crippen LogP contribution in [0.1, 0.15) is 50.9 Å². The maximum atomic E-state index is 6.06. The van der Waals surface area contributed by atoms with E-state index >= 15 is 0 Å². The van der Waals surface area contributed by atoms with Gasteiger partial charge in [0.1, 0.15) is 0 Å². The second-order valence-electron chi connectivity index (χ2n) is 4.38. The fourth-order valence-corrected chi connectivity index (χ4v) is 1.98. The minimum atomic E-state index is -0.265. The molecule has 16 heavy (non-hydrogen) atoms. The molecule has 1 aromatic heterocycles. The first-order valence-electron chi connectivity index (χ1n) is 5.94. The van der Waals surface area contributed by atoms with Crippen LogP contribution in [0.15, 0.2) is 4.52 Å². The summed E-state index contributed by atoms with van der Waals surface area (Å²) in [6.07, 6.45) is 4.15. The zero-order valence-corrected chi connectivity index (χ0v) is 9.85. The summed E-state index contributed by atoms with van der Waals surface area (Å²) in [5.74, 6) is 1.24. The fraction of sp³-hybridized carbons (Fsp3) is 0.818. The molecule has 5 heteroatoms. The molecule has 1 aliphatic heterocycles. The summed E-state index contributed by atoms with van der Waals surface area (Å²) in [5, 5.41) is 3.91. The van der Waals surface area contributed by atoms with E-state index in [-0.39, 0.29) is 18.2 Å². The van der Waals surface area contributed by atoms with Crippen molar-refractivity contribution in [3.8, 4) is 0 Å². The van der Waals surface area contributed by atoms with Gasteiger partial charge < -0.3 is 15.0 Å². The van der Waals surface area contributed by atoms with E-state index in [1.165, 1.54) is 0 Å². The summed E-state index contributed by atoms with van der Waals surface area (Å²) in [7, 11) is 0. The van der Waals surface area contributed by atoms with E-state index in [0.717, 1.165) is 25.7 Å². The molecule has 0 amide bonds. The van der Waals surface area contributed by atoms with E-state index in [0.29, 0.717) is 11.7 Å². The van der Waals surface area contributed by atoms with Gasteiger partial charge in [0.25, 0.3) is 0 Å². The van der Waals surface area contributed by atoms with Crippen molar-refractivity contribution in [2.75, 3.05) is 0 Å². The van der Waals surface area contributed by atoms with Crippen LogP contribution in [0.4, 0.5) is 0 Å². The third-order valence-corrected chi connectivity index (χ3v) is 2.91. The highest BCUT2D eigenvalue weighted by atomic mass is 16.5. The van der Waals surface area contributed by atoms with E-state index in [4.69, 9.17) is 15.0 Å². The molecule has 0 radical (unpaired) electrons. The van der Waals surface area contributed by atoms with Crippen molar-refractivity contribution in [1.29, 1.82) is 0 Å². The maximum Gasteiger partial charge on any atom is 0.226 e. The second-order valence-corrected chi connectivity index (χ2v) is 4.38. The number of aromatic nitrogens is 2. The zero-order valence-electron chi connectivity index (χ0n) is 9.85. The van der Waals surface area contributed by atoms with Gasteiger partial charge in [-0.05, 0) is 26.2 Å². The lowest BCUT2D eigenvalue weighted by atomic mass is 10.1. The Morgan fingerprint density at radius 1 is 1.50 bits per heavy atom. The van der Waals surface area contributed by atoms with Crippen molar-refractivity contribution in [3.63, 3.8) is 0 Å². The molecule has 90 valence electrons. The number of nitrogens with two attached hydrogens (primary N) is 1. The number of ether oxygens (including phenoxy) is 1. The summed E-state index contributed by atoms with van der Waals surface area (Å²) in [6.45, 7) is 4.14. The SMILES string of the molecule is CCCc1nc(C(N)C2CCC(C)O2)no1. The number of nitrogens with zero attached hydrogens (tertiary/aromatic N) is 2. The molecule has 1 aliphatic rings. The molecule has 2 N–H and O–H groups in total. The van der Waals surface area contributed by atoms with Crippen molar-refractivity contribution in [1.82, 2.24) is 10.1 Å². The molecule has 2 heterocycles. The van der Waals surface area contributed by atoms with E-state index in [9.17, 15) is 0 Å². The first-order chi connectivity index (χ1) is 7.70. The molecular weight excluding hydrogens is 206 g/mol. The minimum Gasteiger partial charge on any atom is -0.373 e. The van der Waals surface area contributed by atoms with E-state index in [1.807, 2.05) is 0 Å². The summed E-state index contributed by atoms with van der Waals surface area (Å²) in [6, 6.07) is -0.265. The Bertz CT molecular complexity index is 340. The molecular formula is C11H19N3O2. The highest BCUT2D eigenvalue weighted by Gasteiger charge is 2.30. The van der Waals surface area contributed by atoms with Crippen molar-refractivity contribution < 1.29 is 9.26 Å². The van der Waals surface area contributed by atoms with Crippen LogP contribution < -0.4 is 5.73 Å². The molecule has 1 saturated heterocycles. The lowest BCUT2D eigenvalue weighted by Crippen LogP contribution is -2.27. The van der Waals surface area contributed by atoms with Crippen LogP contribution in [-0.2, 0) is 11.2 Å². The lowest BCUT2D eigenvalue weighted by molar-refractivity contribution is 0.0380. The average Bonchev–Trinajstić information content (AvgIpc) is 2.87. The number of aryl methyl sites for hydroxylation is 1. The molecule has 5 nitrogen and oxygen atoms in total. The summed E-state index contributed by atoms with van der Waals surface area (Å²) >= 11 is 0. The number of hydrogen-bond donors (Lipinski definition) is 1. The van der Waals surface area contributed by atoms with Gasteiger partial charge in [-0.3, -0.25) is 0 Å². The van der Waals surface area contributed by atoms with Crippen LogP contribution in [0, 0.1) is 0 Å². The van der Waals surface area contributed by atoms with Crippen LogP contribution in [0.2, 0.25) is 0 Å². The van der Waals surface area contributed by atoms with E-state index < -0.39 is 0 Å². The van der Waals surface area contributed by atoms with Gasteiger partial charge in [0.2, 0.25) is 5.89 Å². The zero-order chi connectivity index (χ0) is 11.5. The average molecular weight is 225 g/mol. The van der Waals surface area contributed by atoms with E-state index in [2.05, 4.69) is 24.0 Å². The van der Waals surface area contributed by atoms with Crippen molar-refractivity contribution in [2.24, 2.45) is 5.73 Å². The standard InChI is InChI=1S/C11H19N3O2/c1-3-4-9-13-11(14-16-9)10(12)8-6-5-7(2)15-8/h7-8,10H,3-6,12H2,1-2H3. The Hall–Kier alpha value is -0.940. The molecule has 1 fully saturated rings. The Morgan fingerprint density at radius 3 is 2.94 bits per heavy atom. The predicted octanol–water partition coefficient (Wildman–Crippen LogP) is 1.59. The van der Waals surface area contributed by atoms with Crippen molar-refractivity contribution in [3.05, 3.63) is 11.7 Å². The molecule has 0 bridgehead atoms. The number of rotatable bonds is 4. The van der Waals surface area contributed by atoms with Crippen LogP contribution in [0.5, 0.6) is 0 Å². The molecule has 0 aliphatic carbocycles.